The molecule has 0 unspecified atom stereocenters. The second-order valence-corrected chi connectivity index (χ2v) is 7.09. The van der Waals surface area contributed by atoms with E-state index in [1.165, 1.54) is 30.9 Å². The van der Waals surface area contributed by atoms with Crippen molar-refractivity contribution in [1.82, 2.24) is 24.7 Å². The summed E-state index contributed by atoms with van der Waals surface area (Å²) < 4.78 is 63.0. The first-order chi connectivity index (χ1) is 11.7. The van der Waals surface area contributed by atoms with E-state index in [1.807, 2.05) is 0 Å². The van der Waals surface area contributed by atoms with Crippen LogP contribution in [0.25, 0.3) is 17.1 Å². The first kappa shape index (κ1) is 17.0. The average molecular weight is 369 g/mol. The zero-order valence-electron chi connectivity index (χ0n) is 12.6. The molecular formula is C14H10F3N5O2S. The fourth-order valence-corrected chi connectivity index (χ4v) is 2.61. The van der Waals surface area contributed by atoms with E-state index in [2.05, 4.69) is 20.1 Å². The molecule has 0 aromatic carbocycles. The Balaban J connectivity index is 2.16. The molecule has 0 atom stereocenters. The van der Waals surface area contributed by atoms with Crippen molar-refractivity contribution in [2.75, 3.05) is 6.26 Å². The van der Waals surface area contributed by atoms with Gasteiger partial charge in [0, 0.05) is 30.4 Å². The summed E-state index contributed by atoms with van der Waals surface area (Å²) in [6.07, 6.45) is 1.34. The predicted molar refractivity (Wildman–Crippen MR) is 80.5 cm³/mol. The van der Waals surface area contributed by atoms with Gasteiger partial charge in [0.05, 0.1) is 10.6 Å². The Morgan fingerprint density at radius 1 is 1.08 bits per heavy atom. The van der Waals surface area contributed by atoms with Crippen LogP contribution in [0.3, 0.4) is 0 Å². The van der Waals surface area contributed by atoms with Crippen LogP contribution in [0, 0.1) is 0 Å². The second kappa shape index (κ2) is 5.92. The number of aromatic nitrogens is 5. The third-order valence-electron chi connectivity index (χ3n) is 3.22. The smallest absolute Gasteiger partial charge is 0.244 e. The van der Waals surface area contributed by atoms with E-state index in [9.17, 15) is 21.6 Å². The lowest BCUT2D eigenvalue weighted by Gasteiger charge is -2.07. The zero-order valence-corrected chi connectivity index (χ0v) is 13.5. The van der Waals surface area contributed by atoms with Crippen LogP contribution in [0.5, 0.6) is 0 Å². The Hall–Kier alpha value is -2.82. The van der Waals surface area contributed by atoms with Gasteiger partial charge in [0.15, 0.2) is 21.3 Å². The minimum Gasteiger partial charge on any atom is -0.244 e. The highest BCUT2D eigenvalue weighted by Gasteiger charge is 2.35. The number of alkyl halides is 3. The Morgan fingerprint density at radius 3 is 2.28 bits per heavy atom. The van der Waals surface area contributed by atoms with Crippen LogP contribution < -0.4 is 0 Å². The molecule has 0 saturated heterocycles. The molecule has 0 N–H and O–H groups in total. The molecule has 0 aliphatic carbocycles. The van der Waals surface area contributed by atoms with Gasteiger partial charge in [-0.15, -0.1) is 0 Å². The van der Waals surface area contributed by atoms with Crippen LogP contribution in [-0.2, 0) is 16.0 Å². The largest absolute Gasteiger partial charge is 0.435 e. The SMILES string of the molecule is CS(=O)(=O)c1ccc(-n2nc(C(F)(F)F)cc2-c2cncnc2)nc1. The summed E-state index contributed by atoms with van der Waals surface area (Å²) in [5, 5.41) is 3.54. The molecular weight excluding hydrogens is 359 g/mol. The number of halogens is 3. The summed E-state index contributed by atoms with van der Waals surface area (Å²) in [6, 6.07) is 3.37. The third-order valence-corrected chi connectivity index (χ3v) is 4.32. The predicted octanol–water partition coefficient (Wildman–Crippen LogP) is 2.15. The monoisotopic (exact) mass is 369 g/mol. The molecule has 3 aromatic heterocycles. The lowest BCUT2D eigenvalue weighted by Crippen LogP contribution is -2.08. The van der Waals surface area contributed by atoms with Gasteiger partial charge in [0.2, 0.25) is 0 Å². The first-order valence-electron chi connectivity index (χ1n) is 6.75. The number of nitrogens with zero attached hydrogens (tertiary/aromatic N) is 5. The van der Waals surface area contributed by atoms with Gasteiger partial charge < -0.3 is 0 Å². The molecule has 0 aliphatic rings. The molecule has 3 rings (SSSR count). The van der Waals surface area contributed by atoms with E-state index in [4.69, 9.17) is 0 Å². The summed E-state index contributed by atoms with van der Waals surface area (Å²) >= 11 is 0. The van der Waals surface area contributed by atoms with Crippen LogP contribution in [-0.4, -0.2) is 39.4 Å². The van der Waals surface area contributed by atoms with Gasteiger partial charge in [-0.05, 0) is 18.2 Å². The van der Waals surface area contributed by atoms with Gasteiger partial charge in [-0.25, -0.2) is 28.1 Å². The molecule has 3 heterocycles. The van der Waals surface area contributed by atoms with Crippen LogP contribution in [0.15, 0.2) is 48.0 Å². The topological polar surface area (TPSA) is 90.6 Å². The maximum Gasteiger partial charge on any atom is 0.435 e. The minimum absolute atomic E-state index is 0.0294. The van der Waals surface area contributed by atoms with Gasteiger partial charge >= 0.3 is 6.18 Å². The molecule has 11 heteroatoms. The van der Waals surface area contributed by atoms with Crippen LogP contribution in [0.1, 0.15) is 5.69 Å². The lowest BCUT2D eigenvalue weighted by molar-refractivity contribution is -0.141. The highest BCUT2D eigenvalue weighted by Crippen LogP contribution is 2.32. The Labute approximate surface area is 140 Å². The van der Waals surface area contributed by atoms with Crippen molar-refractivity contribution in [3.05, 3.63) is 48.8 Å². The van der Waals surface area contributed by atoms with E-state index in [0.29, 0.717) is 5.56 Å². The van der Waals surface area contributed by atoms with Gasteiger partial charge in [-0.1, -0.05) is 0 Å². The fraction of sp³-hybridized carbons (Fsp3) is 0.143. The van der Waals surface area contributed by atoms with E-state index in [0.717, 1.165) is 23.2 Å². The molecule has 0 saturated carbocycles. The van der Waals surface area contributed by atoms with Crippen molar-refractivity contribution in [2.24, 2.45) is 0 Å². The zero-order chi connectivity index (χ0) is 18.2. The molecule has 0 bridgehead atoms. The summed E-state index contributed by atoms with van der Waals surface area (Å²) in [7, 11) is -3.47. The third kappa shape index (κ3) is 3.50. The summed E-state index contributed by atoms with van der Waals surface area (Å²) in [4.78, 5) is 11.4. The van der Waals surface area contributed by atoms with Crippen LogP contribution in [0.2, 0.25) is 0 Å². The molecule has 0 fully saturated rings. The number of hydrogen-bond acceptors (Lipinski definition) is 6. The average Bonchev–Trinajstić information content (AvgIpc) is 3.00. The lowest BCUT2D eigenvalue weighted by atomic mass is 10.2. The summed E-state index contributed by atoms with van der Waals surface area (Å²) in [5.41, 5.74) is -0.729. The molecule has 130 valence electrons. The number of sulfone groups is 1. The van der Waals surface area contributed by atoms with Gasteiger partial charge in [0.1, 0.15) is 6.33 Å². The normalized spacial score (nSPS) is 12.3. The standard InChI is InChI=1S/C14H10F3N5O2S/c1-25(23,24)10-2-3-13(20-7-10)22-11(9-5-18-8-19-6-9)4-12(21-22)14(15,16)17/h2-8H,1H3. The molecule has 25 heavy (non-hydrogen) atoms. The van der Waals surface area contributed by atoms with Crippen molar-refractivity contribution in [3.63, 3.8) is 0 Å². The molecule has 7 nitrogen and oxygen atoms in total. The Kier molecular flexibility index (Phi) is 4.03. The molecule has 3 aromatic rings. The van der Waals surface area contributed by atoms with Crippen LogP contribution >= 0.6 is 0 Å². The van der Waals surface area contributed by atoms with E-state index >= 15 is 0 Å². The maximum absolute atomic E-state index is 13.0. The van der Waals surface area contributed by atoms with E-state index in [1.54, 1.807) is 0 Å². The van der Waals surface area contributed by atoms with Gasteiger partial charge in [-0.2, -0.15) is 18.3 Å². The van der Waals surface area contributed by atoms with Crippen LogP contribution in [0.4, 0.5) is 13.2 Å². The minimum atomic E-state index is -4.65. The molecule has 0 aliphatic heterocycles. The van der Waals surface area contributed by atoms with E-state index < -0.39 is 21.7 Å². The summed E-state index contributed by atoms with van der Waals surface area (Å²) in [5.74, 6) is 0.0294. The number of hydrogen-bond donors (Lipinski definition) is 0. The van der Waals surface area contributed by atoms with Gasteiger partial charge in [-0.3, -0.25) is 0 Å². The van der Waals surface area contributed by atoms with Crippen molar-refractivity contribution >= 4 is 9.84 Å². The highest BCUT2D eigenvalue weighted by atomic mass is 32.2. The highest BCUT2D eigenvalue weighted by molar-refractivity contribution is 7.90. The van der Waals surface area contributed by atoms with Crippen molar-refractivity contribution < 1.29 is 21.6 Å². The number of rotatable bonds is 3. The molecule has 0 spiro atoms. The van der Waals surface area contributed by atoms with Crippen molar-refractivity contribution in [2.45, 2.75) is 11.1 Å². The van der Waals surface area contributed by atoms with Gasteiger partial charge in [0.25, 0.3) is 0 Å². The van der Waals surface area contributed by atoms with Crippen molar-refractivity contribution in [1.29, 1.82) is 0 Å². The molecule has 0 radical (unpaired) electrons. The molecule has 0 amide bonds. The fourth-order valence-electron chi connectivity index (χ4n) is 2.05. The van der Waals surface area contributed by atoms with E-state index in [-0.39, 0.29) is 16.4 Å². The second-order valence-electron chi connectivity index (χ2n) is 5.08. The maximum atomic E-state index is 13.0. The first-order valence-corrected chi connectivity index (χ1v) is 8.64. The summed E-state index contributed by atoms with van der Waals surface area (Å²) in [6.45, 7) is 0. The number of pyridine rings is 1. The van der Waals surface area contributed by atoms with Crippen molar-refractivity contribution in [3.8, 4) is 17.1 Å². The quantitative estimate of drug-likeness (QED) is 0.703. The Morgan fingerprint density at radius 2 is 1.76 bits per heavy atom. The Bertz CT molecular complexity index is 999.